The number of carboxylic acids is 1. The molecule has 0 fully saturated rings. The summed E-state index contributed by atoms with van der Waals surface area (Å²) >= 11 is 6.30. The van der Waals surface area contributed by atoms with E-state index in [1.165, 1.54) is 30.5 Å². The van der Waals surface area contributed by atoms with E-state index in [0.717, 1.165) is 6.07 Å². The first-order chi connectivity index (χ1) is 17.7. The lowest BCUT2D eigenvalue weighted by Crippen LogP contribution is -2.07. The molecule has 11 heteroatoms. The molecule has 2 aromatic heterocycles. The minimum Gasteiger partial charge on any atom is -0.493 e. The summed E-state index contributed by atoms with van der Waals surface area (Å²) in [6.45, 7) is 1.97. The first-order valence-corrected chi connectivity index (χ1v) is 11.7. The lowest BCUT2D eigenvalue weighted by molar-refractivity contribution is -0.138. The van der Waals surface area contributed by atoms with Gasteiger partial charge in [0.05, 0.1) is 22.9 Å². The molecule has 37 heavy (non-hydrogen) atoms. The molecule has 0 bridgehead atoms. The van der Waals surface area contributed by atoms with Crippen LogP contribution in [0.15, 0.2) is 59.3 Å². The molecule has 0 unspecified atom stereocenters. The molecule has 192 valence electrons. The lowest BCUT2D eigenvalue weighted by Gasteiger charge is -2.16. The average molecular weight is 532 g/mol. The number of hydrogen-bond acceptors (Lipinski definition) is 6. The minimum absolute atomic E-state index is 0.000351. The summed E-state index contributed by atoms with van der Waals surface area (Å²) < 4.78 is 51.8. The molecular formula is C26H21ClF3N3O4. The predicted molar refractivity (Wildman–Crippen MR) is 130 cm³/mol. The second-order valence-corrected chi connectivity index (χ2v) is 8.42. The van der Waals surface area contributed by atoms with Gasteiger partial charge in [0.25, 0.3) is 5.89 Å². The largest absolute Gasteiger partial charge is 0.493 e. The van der Waals surface area contributed by atoms with Crippen LogP contribution in [0, 0.1) is 0 Å². The molecule has 0 radical (unpaired) electrons. The summed E-state index contributed by atoms with van der Waals surface area (Å²) in [5.74, 6) is -0.303. The summed E-state index contributed by atoms with van der Waals surface area (Å²) in [4.78, 5) is 19.4. The molecular weight excluding hydrogens is 511 g/mol. The molecule has 0 atom stereocenters. The highest BCUT2D eigenvalue weighted by atomic mass is 35.5. The maximum Gasteiger partial charge on any atom is 0.417 e. The van der Waals surface area contributed by atoms with Gasteiger partial charge in [-0.3, -0.25) is 9.78 Å². The summed E-state index contributed by atoms with van der Waals surface area (Å²) in [6.07, 6.45) is -2.19. The van der Waals surface area contributed by atoms with Crippen molar-refractivity contribution in [2.75, 3.05) is 6.61 Å². The zero-order valence-corrected chi connectivity index (χ0v) is 20.3. The third-order valence-electron chi connectivity index (χ3n) is 5.46. The van der Waals surface area contributed by atoms with E-state index in [1.54, 1.807) is 25.1 Å². The van der Waals surface area contributed by atoms with Gasteiger partial charge in [0.2, 0.25) is 5.82 Å². The fourth-order valence-electron chi connectivity index (χ4n) is 3.76. The minimum atomic E-state index is -4.53. The normalized spacial score (nSPS) is 11.5. The maximum absolute atomic E-state index is 13.6. The predicted octanol–water partition coefficient (Wildman–Crippen LogP) is 6.94. The highest BCUT2D eigenvalue weighted by Crippen LogP contribution is 2.41. The smallest absolute Gasteiger partial charge is 0.417 e. The number of hydrogen-bond donors (Lipinski definition) is 1. The van der Waals surface area contributed by atoms with E-state index in [9.17, 15) is 18.0 Å². The quantitative estimate of drug-likeness (QED) is 0.249. The molecule has 0 aliphatic rings. The Hall–Kier alpha value is -3.92. The fourth-order valence-corrected chi connectivity index (χ4v) is 4.02. The van der Waals surface area contributed by atoms with Crippen LogP contribution in [0.2, 0.25) is 5.02 Å². The van der Waals surface area contributed by atoms with Gasteiger partial charge in [0, 0.05) is 29.3 Å². The molecule has 0 aliphatic heterocycles. The van der Waals surface area contributed by atoms with Gasteiger partial charge in [0.15, 0.2) is 0 Å². The highest BCUT2D eigenvalue weighted by Gasteiger charge is 2.34. The zero-order chi connectivity index (χ0) is 26.6. The second-order valence-electron chi connectivity index (χ2n) is 8.01. The Morgan fingerprint density at radius 2 is 1.89 bits per heavy atom. The van der Waals surface area contributed by atoms with Crippen molar-refractivity contribution in [3.63, 3.8) is 0 Å². The van der Waals surface area contributed by atoms with Crippen LogP contribution >= 0.6 is 11.6 Å². The van der Waals surface area contributed by atoms with Gasteiger partial charge in [-0.15, -0.1) is 0 Å². The lowest BCUT2D eigenvalue weighted by atomic mass is 9.97. The van der Waals surface area contributed by atoms with Crippen LogP contribution in [0.1, 0.15) is 31.0 Å². The summed E-state index contributed by atoms with van der Waals surface area (Å²) in [5.41, 5.74) is 1.03. The number of halogens is 4. The van der Waals surface area contributed by atoms with Crippen LogP contribution in [-0.4, -0.2) is 32.8 Å². The Morgan fingerprint density at radius 3 is 2.59 bits per heavy atom. The average Bonchev–Trinajstić information content (AvgIpc) is 3.35. The topological polar surface area (TPSA) is 98.3 Å². The molecule has 2 aromatic carbocycles. The van der Waals surface area contributed by atoms with Crippen molar-refractivity contribution in [2.24, 2.45) is 0 Å². The molecule has 0 aliphatic carbocycles. The van der Waals surface area contributed by atoms with Crippen molar-refractivity contribution < 1.29 is 32.3 Å². The van der Waals surface area contributed by atoms with Crippen LogP contribution < -0.4 is 4.74 Å². The number of rotatable bonds is 9. The number of carboxylic acid groups (broad SMARTS) is 1. The van der Waals surface area contributed by atoms with E-state index in [0.29, 0.717) is 34.7 Å². The third kappa shape index (κ3) is 6.08. The molecule has 0 spiro atoms. The number of nitrogens with zero attached hydrogens (tertiary/aromatic N) is 3. The van der Waals surface area contributed by atoms with Crippen LogP contribution in [0.3, 0.4) is 0 Å². The Kier molecular flexibility index (Phi) is 7.77. The number of ether oxygens (including phenoxy) is 1. The number of aryl methyl sites for hydroxylation is 1. The molecule has 4 aromatic rings. The van der Waals surface area contributed by atoms with Crippen molar-refractivity contribution in [1.82, 2.24) is 15.1 Å². The van der Waals surface area contributed by atoms with Gasteiger partial charge in [-0.25, -0.2) is 0 Å². The Balaban J connectivity index is 1.63. The number of alkyl halides is 3. The Labute approximate surface area is 214 Å². The number of aliphatic carboxylic acids is 1. The van der Waals surface area contributed by atoms with Crippen molar-refractivity contribution in [3.8, 4) is 39.7 Å². The molecule has 0 amide bonds. The number of aromatic nitrogens is 3. The summed E-state index contributed by atoms with van der Waals surface area (Å²) in [5, 5.41) is 13.1. The van der Waals surface area contributed by atoms with Crippen molar-refractivity contribution >= 4 is 17.6 Å². The number of benzene rings is 2. The fraction of sp³-hybridized carbons (Fsp3) is 0.231. The highest BCUT2D eigenvalue weighted by molar-refractivity contribution is 6.31. The molecule has 0 saturated carbocycles. The van der Waals surface area contributed by atoms with E-state index in [-0.39, 0.29) is 41.6 Å². The molecule has 4 rings (SSSR count). The molecule has 2 heterocycles. The van der Waals surface area contributed by atoms with Gasteiger partial charge in [0.1, 0.15) is 5.75 Å². The van der Waals surface area contributed by atoms with Gasteiger partial charge >= 0.3 is 12.1 Å². The first-order valence-electron chi connectivity index (χ1n) is 11.3. The molecule has 0 saturated heterocycles. The summed E-state index contributed by atoms with van der Waals surface area (Å²) in [7, 11) is 0. The van der Waals surface area contributed by atoms with Crippen molar-refractivity contribution in [3.05, 3.63) is 71.0 Å². The van der Waals surface area contributed by atoms with Crippen LogP contribution in [-0.2, 0) is 17.4 Å². The van der Waals surface area contributed by atoms with Crippen molar-refractivity contribution in [1.29, 1.82) is 0 Å². The summed E-state index contributed by atoms with van der Waals surface area (Å²) in [6, 6.07) is 11.6. The van der Waals surface area contributed by atoms with E-state index in [4.69, 9.17) is 26.0 Å². The molecule has 1 N–H and O–H groups in total. The van der Waals surface area contributed by atoms with Gasteiger partial charge in [-0.2, -0.15) is 18.2 Å². The third-order valence-corrected chi connectivity index (χ3v) is 5.78. The monoisotopic (exact) mass is 531 g/mol. The zero-order valence-electron chi connectivity index (χ0n) is 19.6. The number of pyridine rings is 1. The van der Waals surface area contributed by atoms with Gasteiger partial charge in [-0.1, -0.05) is 35.0 Å². The maximum atomic E-state index is 13.6. The standard InChI is InChI=1S/C26H21ClF3N3O4/c1-2-36-22-13-15(10-11-18(22)17-6-3-4-7-19(17)26(28,29)30)25-32-24(33-37-25)16-12-20(27)21(31-14-16)8-5-9-23(34)35/h3-4,6-7,10-14H,2,5,8-9H2,1H3,(H,34,35). The second kappa shape index (κ2) is 11.0. The van der Waals surface area contributed by atoms with E-state index >= 15 is 0 Å². The van der Waals surface area contributed by atoms with Crippen molar-refractivity contribution in [2.45, 2.75) is 32.4 Å². The van der Waals surface area contributed by atoms with Gasteiger partial charge < -0.3 is 14.4 Å². The SMILES string of the molecule is CCOc1cc(-c2nc(-c3cnc(CCCC(=O)O)c(Cl)c3)no2)ccc1-c1ccccc1C(F)(F)F. The molecule has 7 nitrogen and oxygen atoms in total. The van der Waals surface area contributed by atoms with Gasteiger partial charge in [-0.05, 0) is 55.7 Å². The Bertz CT molecular complexity index is 1420. The van der Waals surface area contributed by atoms with Crippen LogP contribution in [0.5, 0.6) is 5.75 Å². The van der Waals surface area contributed by atoms with E-state index < -0.39 is 17.7 Å². The number of carbonyl (C=O) groups is 1. The van der Waals surface area contributed by atoms with Crippen LogP contribution in [0.25, 0.3) is 34.0 Å². The van der Waals surface area contributed by atoms with E-state index in [1.807, 2.05) is 0 Å². The first kappa shape index (κ1) is 26.2. The Morgan fingerprint density at radius 1 is 1.11 bits per heavy atom. The van der Waals surface area contributed by atoms with E-state index in [2.05, 4.69) is 15.1 Å². The van der Waals surface area contributed by atoms with Crippen LogP contribution in [0.4, 0.5) is 13.2 Å².